The molecule has 2 saturated heterocycles. The molecule has 0 radical (unpaired) electrons. The molecule has 4 nitrogen and oxygen atoms in total. The molecule has 2 fully saturated rings. The molecule has 2 aliphatic heterocycles. The lowest BCUT2D eigenvalue weighted by molar-refractivity contribution is -0.125. The minimum absolute atomic E-state index is 0.187. The number of fused-ring (bicyclic) bond motifs is 1. The Morgan fingerprint density at radius 2 is 1.86 bits per heavy atom. The van der Waals surface area contributed by atoms with Crippen molar-refractivity contribution < 1.29 is 4.79 Å². The van der Waals surface area contributed by atoms with Gasteiger partial charge in [0.25, 0.3) is 0 Å². The number of nitrogens with one attached hydrogen (secondary N) is 1. The summed E-state index contributed by atoms with van der Waals surface area (Å²) >= 11 is 6.22. The predicted octanol–water partition coefficient (Wildman–Crippen LogP) is 4.15. The van der Waals surface area contributed by atoms with Crippen molar-refractivity contribution in [3.63, 3.8) is 0 Å². The number of carbonyl (C=O) groups is 1. The number of aryl methyl sites for hydroxylation is 1. The van der Waals surface area contributed by atoms with Crippen molar-refractivity contribution in [3.05, 3.63) is 64.7 Å². The summed E-state index contributed by atoms with van der Waals surface area (Å²) in [6.07, 6.45) is 5.25. The zero-order chi connectivity index (χ0) is 19.1. The molecular formula is C23H26ClN3O. The molecule has 0 saturated carbocycles. The van der Waals surface area contributed by atoms with Crippen molar-refractivity contribution in [1.29, 1.82) is 0 Å². The van der Waals surface area contributed by atoms with Gasteiger partial charge in [-0.3, -0.25) is 9.69 Å². The largest absolute Gasteiger partial charge is 0.339 e. The summed E-state index contributed by atoms with van der Waals surface area (Å²) in [5.74, 6) is 0.187. The number of piperidine rings is 1. The Morgan fingerprint density at radius 1 is 1.07 bits per heavy atom. The van der Waals surface area contributed by atoms with E-state index >= 15 is 0 Å². The number of hydrogen-bond acceptors (Lipinski definition) is 3. The third kappa shape index (κ3) is 2.90. The van der Waals surface area contributed by atoms with Gasteiger partial charge in [-0.15, -0.1) is 0 Å². The van der Waals surface area contributed by atoms with Crippen LogP contribution in [-0.4, -0.2) is 36.1 Å². The monoisotopic (exact) mass is 395 g/mol. The first-order valence-corrected chi connectivity index (χ1v) is 10.7. The van der Waals surface area contributed by atoms with E-state index < -0.39 is 5.54 Å². The SMILES string of the molecule is O=C1NCN(c2ccccc2)C12CCN(C1CCCc3cc(Cl)ccc31)CC2. The van der Waals surface area contributed by atoms with Gasteiger partial charge in [-0.1, -0.05) is 35.9 Å². The van der Waals surface area contributed by atoms with Gasteiger partial charge in [0.2, 0.25) is 5.91 Å². The first-order valence-electron chi connectivity index (χ1n) is 10.3. The fourth-order valence-corrected chi connectivity index (χ4v) is 5.57. The molecule has 28 heavy (non-hydrogen) atoms. The summed E-state index contributed by atoms with van der Waals surface area (Å²) in [6, 6.07) is 17.2. The Hall–Kier alpha value is -2.04. The molecule has 1 spiro atoms. The van der Waals surface area contributed by atoms with E-state index in [0.29, 0.717) is 12.7 Å². The average molecular weight is 396 g/mol. The first-order chi connectivity index (χ1) is 13.7. The molecule has 1 aliphatic carbocycles. The molecule has 2 aromatic rings. The van der Waals surface area contributed by atoms with Crippen molar-refractivity contribution >= 4 is 23.2 Å². The molecule has 2 aromatic carbocycles. The molecular weight excluding hydrogens is 370 g/mol. The van der Waals surface area contributed by atoms with Crippen LogP contribution < -0.4 is 10.2 Å². The van der Waals surface area contributed by atoms with Crippen molar-refractivity contribution in [3.8, 4) is 0 Å². The molecule has 5 heteroatoms. The number of hydrogen-bond donors (Lipinski definition) is 1. The summed E-state index contributed by atoms with van der Waals surface area (Å²) in [5, 5.41) is 3.93. The van der Waals surface area contributed by atoms with Crippen LogP contribution >= 0.6 is 11.6 Å². The lowest BCUT2D eigenvalue weighted by Gasteiger charge is -2.46. The van der Waals surface area contributed by atoms with E-state index in [9.17, 15) is 4.79 Å². The smallest absolute Gasteiger partial charge is 0.247 e. The van der Waals surface area contributed by atoms with Gasteiger partial charge in [0.1, 0.15) is 5.54 Å². The highest BCUT2D eigenvalue weighted by Crippen LogP contribution is 2.41. The van der Waals surface area contributed by atoms with Crippen LogP contribution in [0.25, 0.3) is 0 Å². The second-order valence-electron chi connectivity index (χ2n) is 8.25. The summed E-state index contributed by atoms with van der Waals surface area (Å²) in [4.78, 5) is 17.7. The number of rotatable bonds is 2. The van der Waals surface area contributed by atoms with Gasteiger partial charge >= 0.3 is 0 Å². The van der Waals surface area contributed by atoms with E-state index in [2.05, 4.69) is 39.4 Å². The van der Waals surface area contributed by atoms with E-state index in [4.69, 9.17) is 11.6 Å². The van der Waals surface area contributed by atoms with E-state index in [-0.39, 0.29) is 5.91 Å². The first kappa shape index (κ1) is 18.0. The Morgan fingerprint density at radius 3 is 2.64 bits per heavy atom. The zero-order valence-corrected chi connectivity index (χ0v) is 16.8. The Bertz CT molecular complexity index is 877. The van der Waals surface area contributed by atoms with E-state index in [0.717, 1.165) is 43.1 Å². The molecule has 146 valence electrons. The number of benzene rings is 2. The number of para-hydroxylation sites is 1. The minimum atomic E-state index is -0.407. The van der Waals surface area contributed by atoms with E-state index in [1.54, 1.807) is 0 Å². The van der Waals surface area contributed by atoms with Crippen LogP contribution in [0.1, 0.15) is 42.9 Å². The summed E-state index contributed by atoms with van der Waals surface area (Å²) in [5.41, 5.74) is 3.55. The van der Waals surface area contributed by atoms with Gasteiger partial charge in [0.05, 0.1) is 6.67 Å². The molecule has 1 unspecified atom stereocenters. The molecule has 0 aromatic heterocycles. The van der Waals surface area contributed by atoms with Crippen LogP contribution in [0.2, 0.25) is 5.02 Å². The Balaban J connectivity index is 1.37. The number of amides is 1. The van der Waals surface area contributed by atoms with Crippen LogP contribution in [0.3, 0.4) is 0 Å². The summed E-state index contributed by atoms with van der Waals surface area (Å²) < 4.78 is 0. The molecule has 1 atom stereocenters. The standard InChI is InChI=1S/C23H26ClN3O/c24-18-9-10-20-17(15-18)5-4-8-21(20)26-13-11-23(12-14-26)22(28)25-16-27(23)19-6-2-1-3-7-19/h1-3,6-7,9-10,15,21H,4-5,8,11-14,16H2,(H,25,28). The highest BCUT2D eigenvalue weighted by Gasteiger charge is 2.51. The Labute approximate surface area is 171 Å². The second-order valence-corrected chi connectivity index (χ2v) is 8.68. The minimum Gasteiger partial charge on any atom is -0.339 e. The maximum absolute atomic E-state index is 12.9. The maximum atomic E-state index is 12.9. The van der Waals surface area contributed by atoms with Gasteiger partial charge in [-0.2, -0.15) is 0 Å². The average Bonchev–Trinajstić information content (AvgIpc) is 3.04. The van der Waals surface area contributed by atoms with Gasteiger partial charge < -0.3 is 10.2 Å². The van der Waals surface area contributed by atoms with E-state index in [1.807, 2.05) is 24.3 Å². The van der Waals surface area contributed by atoms with Gasteiger partial charge in [0, 0.05) is 29.8 Å². The summed E-state index contributed by atoms with van der Waals surface area (Å²) in [7, 11) is 0. The van der Waals surface area contributed by atoms with Crippen molar-refractivity contribution in [2.45, 2.75) is 43.7 Å². The van der Waals surface area contributed by atoms with Crippen LogP contribution in [0.15, 0.2) is 48.5 Å². The highest BCUT2D eigenvalue weighted by molar-refractivity contribution is 6.30. The maximum Gasteiger partial charge on any atom is 0.247 e. The topological polar surface area (TPSA) is 35.6 Å². The van der Waals surface area contributed by atoms with Crippen LogP contribution in [0, 0.1) is 0 Å². The van der Waals surface area contributed by atoms with Crippen LogP contribution in [-0.2, 0) is 11.2 Å². The van der Waals surface area contributed by atoms with Gasteiger partial charge in [-0.05, 0) is 67.5 Å². The third-order valence-corrected chi connectivity index (χ3v) is 7.09. The fraction of sp³-hybridized carbons (Fsp3) is 0.435. The molecule has 1 N–H and O–H groups in total. The van der Waals surface area contributed by atoms with Crippen LogP contribution in [0.4, 0.5) is 5.69 Å². The van der Waals surface area contributed by atoms with Gasteiger partial charge in [0.15, 0.2) is 0 Å². The van der Waals surface area contributed by atoms with Gasteiger partial charge in [-0.25, -0.2) is 0 Å². The number of nitrogens with zero attached hydrogens (tertiary/aromatic N) is 2. The van der Waals surface area contributed by atoms with Crippen LogP contribution in [0.5, 0.6) is 0 Å². The third-order valence-electron chi connectivity index (χ3n) is 6.86. The molecule has 0 bridgehead atoms. The zero-order valence-electron chi connectivity index (χ0n) is 16.0. The second kappa shape index (κ2) is 7.09. The number of likely N-dealkylation sites (tertiary alicyclic amines) is 1. The fourth-order valence-electron chi connectivity index (χ4n) is 5.37. The molecule has 3 aliphatic rings. The molecule has 2 heterocycles. The number of carbonyl (C=O) groups excluding carboxylic acids is 1. The normalized spacial score (nSPS) is 24.2. The van der Waals surface area contributed by atoms with Crippen molar-refractivity contribution in [1.82, 2.24) is 10.2 Å². The number of halogens is 1. The quantitative estimate of drug-likeness (QED) is 0.829. The number of anilines is 1. The predicted molar refractivity (Wildman–Crippen MR) is 113 cm³/mol. The summed E-state index contributed by atoms with van der Waals surface area (Å²) in [6.45, 7) is 2.50. The van der Waals surface area contributed by atoms with Crippen molar-refractivity contribution in [2.75, 3.05) is 24.7 Å². The Kier molecular flexibility index (Phi) is 4.56. The van der Waals surface area contributed by atoms with Crippen molar-refractivity contribution in [2.24, 2.45) is 0 Å². The molecule has 5 rings (SSSR count). The van der Waals surface area contributed by atoms with E-state index in [1.165, 1.54) is 24.0 Å². The lowest BCUT2D eigenvalue weighted by atomic mass is 9.82. The highest BCUT2D eigenvalue weighted by atomic mass is 35.5. The lowest BCUT2D eigenvalue weighted by Crippen LogP contribution is -2.57. The molecule has 1 amide bonds.